The van der Waals surface area contributed by atoms with Crippen LogP contribution in [-0.4, -0.2) is 41.3 Å². The minimum Gasteiger partial charge on any atom is -0.491 e. The van der Waals surface area contributed by atoms with Crippen LogP contribution in [-0.2, 0) is 9.59 Å². The Balaban J connectivity index is 0.000000626. The van der Waals surface area contributed by atoms with Gasteiger partial charge in [0.1, 0.15) is 12.4 Å². The van der Waals surface area contributed by atoms with Gasteiger partial charge in [-0.1, -0.05) is 24.6 Å². The summed E-state index contributed by atoms with van der Waals surface area (Å²) in [5.41, 5.74) is 1.15. The van der Waals surface area contributed by atoms with E-state index in [4.69, 9.17) is 36.1 Å². The zero-order valence-electron chi connectivity index (χ0n) is 12.9. The van der Waals surface area contributed by atoms with Crippen molar-refractivity contribution in [2.45, 2.75) is 33.2 Å². The summed E-state index contributed by atoms with van der Waals surface area (Å²) in [4.78, 5) is 18.2. The summed E-state index contributed by atoms with van der Waals surface area (Å²) in [7, 11) is 0. The number of hydrogen-bond acceptors (Lipinski definition) is 4. The summed E-state index contributed by atoms with van der Waals surface area (Å²) >= 11 is 6.05. The highest BCUT2D eigenvalue weighted by Crippen LogP contribution is 2.24. The Bertz CT molecular complexity index is 481. The number of benzene rings is 1. The molecule has 0 spiro atoms. The lowest BCUT2D eigenvalue weighted by molar-refractivity contribution is -0.159. The SMILES string of the molecule is CCC(C)NCCOc1ccc(C)cc1Cl.O=C(O)C(=O)O. The third-order valence-electron chi connectivity index (χ3n) is 2.74. The van der Waals surface area contributed by atoms with E-state index in [1.54, 1.807) is 0 Å². The molecule has 124 valence electrons. The Hall–Kier alpha value is -1.79. The zero-order valence-corrected chi connectivity index (χ0v) is 13.7. The molecule has 3 N–H and O–H groups in total. The molecule has 0 amide bonds. The van der Waals surface area contributed by atoms with Crippen molar-refractivity contribution in [3.63, 3.8) is 0 Å². The molecule has 1 aromatic carbocycles. The van der Waals surface area contributed by atoms with Gasteiger partial charge in [-0.3, -0.25) is 0 Å². The van der Waals surface area contributed by atoms with Crippen molar-refractivity contribution >= 4 is 23.5 Å². The number of aliphatic carboxylic acids is 2. The molecule has 0 aliphatic rings. The molecule has 0 aromatic heterocycles. The molecule has 0 saturated carbocycles. The molecule has 1 aromatic rings. The normalized spacial score (nSPS) is 11.1. The van der Waals surface area contributed by atoms with E-state index in [0.717, 1.165) is 24.3 Å². The van der Waals surface area contributed by atoms with E-state index in [9.17, 15) is 0 Å². The maximum absolute atomic E-state index is 9.10. The van der Waals surface area contributed by atoms with E-state index >= 15 is 0 Å². The Morgan fingerprint density at radius 2 is 1.91 bits per heavy atom. The molecular formula is C15H22ClNO5. The first-order valence-corrected chi connectivity index (χ1v) is 7.24. The largest absolute Gasteiger partial charge is 0.491 e. The van der Waals surface area contributed by atoms with Gasteiger partial charge in [0.2, 0.25) is 0 Å². The molecule has 0 saturated heterocycles. The van der Waals surface area contributed by atoms with Crippen LogP contribution >= 0.6 is 11.6 Å². The van der Waals surface area contributed by atoms with Gasteiger partial charge < -0.3 is 20.3 Å². The first-order valence-electron chi connectivity index (χ1n) is 6.86. The van der Waals surface area contributed by atoms with Crippen molar-refractivity contribution < 1.29 is 24.5 Å². The van der Waals surface area contributed by atoms with Crippen molar-refractivity contribution in [3.05, 3.63) is 28.8 Å². The fraction of sp³-hybridized carbons (Fsp3) is 0.467. The van der Waals surface area contributed by atoms with E-state index in [1.165, 1.54) is 0 Å². The second-order valence-electron chi connectivity index (χ2n) is 4.66. The average molecular weight is 332 g/mol. The van der Waals surface area contributed by atoms with E-state index in [2.05, 4.69) is 19.2 Å². The topological polar surface area (TPSA) is 95.9 Å². The van der Waals surface area contributed by atoms with Crippen LogP contribution in [0.2, 0.25) is 5.02 Å². The molecule has 22 heavy (non-hydrogen) atoms. The van der Waals surface area contributed by atoms with Gasteiger partial charge in [0.05, 0.1) is 5.02 Å². The first-order chi connectivity index (χ1) is 10.3. The number of hydrogen-bond donors (Lipinski definition) is 3. The minimum atomic E-state index is -1.82. The van der Waals surface area contributed by atoms with Crippen LogP contribution in [0.25, 0.3) is 0 Å². The molecule has 0 aliphatic heterocycles. The molecule has 0 aliphatic carbocycles. The fourth-order valence-corrected chi connectivity index (χ4v) is 1.62. The average Bonchev–Trinajstić information content (AvgIpc) is 2.45. The Kier molecular flexibility index (Phi) is 9.98. The van der Waals surface area contributed by atoms with Gasteiger partial charge in [0, 0.05) is 12.6 Å². The molecule has 1 unspecified atom stereocenters. The van der Waals surface area contributed by atoms with Gasteiger partial charge in [0.25, 0.3) is 0 Å². The molecule has 0 fully saturated rings. The zero-order chi connectivity index (χ0) is 17.1. The maximum atomic E-state index is 9.10. The molecular weight excluding hydrogens is 310 g/mol. The van der Waals surface area contributed by atoms with Gasteiger partial charge in [-0.25, -0.2) is 9.59 Å². The van der Waals surface area contributed by atoms with Crippen LogP contribution in [0, 0.1) is 6.92 Å². The van der Waals surface area contributed by atoms with Gasteiger partial charge in [-0.05, 0) is 38.0 Å². The van der Waals surface area contributed by atoms with Crippen LogP contribution in [0.15, 0.2) is 18.2 Å². The quantitative estimate of drug-likeness (QED) is 0.547. The monoisotopic (exact) mass is 331 g/mol. The highest BCUT2D eigenvalue weighted by molar-refractivity contribution is 6.32. The summed E-state index contributed by atoms with van der Waals surface area (Å²) in [6.07, 6.45) is 1.13. The van der Waals surface area contributed by atoms with Crippen LogP contribution in [0.3, 0.4) is 0 Å². The summed E-state index contributed by atoms with van der Waals surface area (Å²) in [5, 5.41) is 18.8. The van der Waals surface area contributed by atoms with E-state index < -0.39 is 11.9 Å². The second-order valence-corrected chi connectivity index (χ2v) is 5.06. The number of aryl methyl sites for hydroxylation is 1. The lowest BCUT2D eigenvalue weighted by Crippen LogP contribution is -2.29. The van der Waals surface area contributed by atoms with Crippen molar-refractivity contribution in [2.24, 2.45) is 0 Å². The first kappa shape index (κ1) is 20.2. The van der Waals surface area contributed by atoms with Crippen LogP contribution in [0.4, 0.5) is 0 Å². The number of ether oxygens (including phenoxy) is 1. The van der Waals surface area contributed by atoms with Crippen LogP contribution in [0.1, 0.15) is 25.8 Å². The number of carboxylic acid groups (broad SMARTS) is 2. The number of rotatable bonds is 6. The Morgan fingerprint density at radius 1 is 1.32 bits per heavy atom. The summed E-state index contributed by atoms with van der Waals surface area (Å²) in [5.74, 6) is -2.89. The highest BCUT2D eigenvalue weighted by Gasteiger charge is 2.04. The summed E-state index contributed by atoms with van der Waals surface area (Å²) in [6, 6.07) is 6.38. The van der Waals surface area contributed by atoms with Gasteiger partial charge in [0.15, 0.2) is 0 Å². The predicted octanol–water partition coefficient (Wildman–Crippen LogP) is 2.57. The number of nitrogens with one attached hydrogen (secondary N) is 1. The van der Waals surface area contributed by atoms with Crippen molar-refractivity contribution in [2.75, 3.05) is 13.2 Å². The number of carbonyl (C=O) groups is 2. The Morgan fingerprint density at radius 3 is 2.36 bits per heavy atom. The number of carboxylic acids is 2. The molecule has 0 radical (unpaired) electrons. The van der Waals surface area contributed by atoms with Crippen LogP contribution in [0.5, 0.6) is 5.75 Å². The third-order valence-corrected chi connectivity index (χ3v) is 3.03. The van der Waals surface area contributed by atoms with Gasteiger partial charge >= 0.3 is 11.9 Å². The highest BCUT2D eigenvalue weighted by atomic mass is 35.5. The van der Waals surface area contributed by atoms with Gasteiger partial charge in [-0.15, -0.1) is 0 Å². The smallest absolute Gasteiger partial charge is 0.414 e. The lowest BCUT2D eigenvalue weighted by atomic mass is 10.2. The molecule has 0 bridgehead atoms. The Labute approximate surface area is 135 Å². The molecule has 7 heteroatoms. The van der Waals surface area contributed by atoms with E-state index in [0.29, 0.717) is 17.7 Å². The molecule has 6 nitrogen and oxygen atoms in total. The van der Waals surface area contributed by atoms with Gasteiger partial charge in [-0.2, -0.15) is 0 Å². The molecule has 1 atom stereocenters. The van der Waals surface area contributed by atoms with E-state index in [-0.39, 0.29) is 0 Å². The lowest BCUT2D eigenvalue weighted by Gasteiger charge is -2.12. The fourth-order valence-electron chi connectivity index (χ4n) is 1.33. The minimum absolute atomic E-state index is 0.539. The standard InChI is InChI=1S/C13H20ClNO.C2H2O4/c1-4-11(3)15-7-8-16-13-6-5-10(2)9-12(13)14;3-1(4)2(5)6/h5-6,9,11,15H,4,7-8H2,1-3H3;(H,3,4)(H,5,6). The predicted molar refractivity (Wildman–Crippen MR) is 84.7 cm³/mol. The maximum Gasteiger partial charge on any atom is 0.414 e. The van der Waals surface area contributed by atoms with Crippen molar-refractivity contribution in [1.29, 1.82) is 0 Å². The summed E-state index contributed by atoms with van der Waals surface area (Å²) in [6.45, 7) is 7.83. The molecule has 0 heterocycles. The molecule has 1 rings (SSSR count). The van der Waals surface area contributed by atoms with Crippen molar-refractivity contribution in [3.8, 4) is 5.75 Å². The van der Waals surface area contributed by atoms with Crippen molar-refractivity contribution in [1.82, 2.24) is 5.32 Å². The summed E-state index contributed by atoms with van der Waals surface area (Å²) < 4.78 is 5.59. The number of halogens is 1. The van der Waals surface area contributed by atoms with E-state index in [1.807, 2.05) is 25.1 Å². The third kappa shape index (κ3) is 9.20. The second kappa shape index (κ2) is 10.9. The van der Waals surface area contributed by atoms with Crippen LogP contribution < -0.4 is 10.1 Å².